The topological polar surface area (TPSA) is 27.3 Å². The lowest BCUT2D eigenvalue weighted by atomic mass is 10.3. The number of benzene rings is 1. The summed E-state index contributed by atoms with van der Waals surface area (Å²) in [6, 6.07) is 4.81. The van der Waals surface area contributed by atoms with Gasteiger partial charge in [0, 0.05) is 11.0 Å². The van der Waals surface area contributed by atoms with Crippen LogP contribution in [0.15, 0.2) is 22.7 Å². The number of nitrogens with zero attached hydrogens (tertiary/aromatic N) is 1. The second-order valence-electron chi connectivity index (χ2n) is 4.16. The van der Waals surface area contributed by atoms with Crippen LogP contribution in [0.3, 0.4) is 0 Å². The molecular formula is C12H17BrFN3S. The Morgan fingerprint density at radius 3 is 2.78 bits per heavy atom. The van der Waals surface area contributed by atoms with Gasteiger partial charge in [0.15, 0.2) is 5.11 Å². The third-order valence-electron chi connectivity index (χ3n) is 2.25. The minimum absolute atomic E-state index is 0.332. The van der Waals surface area contributed by atoms with Gasteiger partial charge in [-0.25, -0.2) is 4.39 Å². The smallest absolute Gasteiger partial charge is 0.170 e. The number of thiocarbonyl (C=S) groups is 1. The Hall–Kier alpha value is -0.720. The molecule has 0 aromatic heterocycles. The first kappa shape index (κ1) is 15.3. The summed E-state index contributed by atoms with van der Waals surface area (Å²) >= 11 is 8.30. The molecule has 2 N–H and O–H groups in total. The van der Waals surface area contributed by atoms with Crippen molar-refractivity contribution in [1.29, 1.82) is 0 Å². The number of anilines is 1. The molecule has 0 spiro atoms. The van der Waals surface area contributed by atoms with Crippen LogP contribution in [0.25, 0.3) is 0 Å². The van der Waals surface area contributed by atoms with Gasteiger partial charge in [-0.1, -0.05) is 15.9 Å². The highest BCUT2D eigenvalue weighted by atomic mass is 79.9. The molecule has 1 aromatic rings. The van der Waals surface area contributed by atoms with E-state index in [-0.39, 0.29) is 5.82 Å². The molecule has 0 aliphatic heterocycles. The van der Waals surface area contributed by atoms with Crippen LogP contribution in [0.1, 0.15) is 6.42 Å². The van der Waals surface area contributed by atoms with Gasteiger partial charge in [0.05, 0.1) is 5.69 Å². The van der Waals surface area contributed by atoms with Crippen molar-refractivity contribution in [1.82, 2.24) is 10.2 Å². The van der Waals surface area contributed by atoms with Crippen LogP contribution in [0, 0.1) is 5.82 Å². The summed E-state index contributed by atoms with van der Waals surface area (Å²) in [7, 11) is 4.04. The van der Waals surface area contributed by atoms with Crippen molar-refractivity contribution < 1.29 is 4.39 Å². The third-order valence-corrected chi connectivity index (χ3v) is 2.99. The van der Waals surface area contributed by atoms with E-state index in [1.165, 1.54) is 6.07 Å². The fourth-order valence-corrected chi connectivity index (χ4v) is 1.90. The molecule has 0 unspecified atom stereocenters. The molecule has 0 heterocycles. The highest BCUT2D eigenvalue weighted by Crippen LogP contribution is 2.19. The minimum Gasteiger partial charge on any atom is -0.362 e. The van der Waals surface area contributed by atoms with E-state index in [2.05, 4.69) is 31.5 Å². The third kappa shape index (κ3) is 5.75. The van der Waals surface area contributed by atoms with Gasteiger partial charge in [0.1, 0.15) is 5.82 Å². The second-order valence-corrected chi connectivity index (χ2v) is 5.49. The first-order chi connectivity index (χ1) is 8.49. The van der Waals surface area contributed by atoms with Gasteiger partial charge in [-0.15, -0.1) is 0 Å². The summed E-state index contributed by atoms with van der Waals surface area (Å²) in [5.41, 5.74) is 0.378. The van der Waals surface area contributed by atoms with Crippen LogP contribution in [0.5, 0.6) is 0 Å². The van der Waals surface area contributed by atoms with Crippen molar-refractivity contribution in [3.8, 4) is 0 Å². The van der Waals surface area contributed by atoms with Gasteiger partial charge in [-0.2, -0.15) is 0 Å². The predicted molar refractivity (Wildman–Crippen MR) is 81.5 cm³/mol. The Balaban J connectivity index is 2.35. The molecule has 1 aromatic carbocycles. The van der Waals surface area contributed by atoms with Crippen molar-refractivity contribution in [2.75, 3.05) is 32.5 Å². The van der Waals surface area contributed by atoms with Crippen LogP contribution >= 0.6 is 28.1 Å². The summed E-state index contributed by atoms with van der Waals surface area (Å²) in [5.74, 6) is -0.332. The molecule has 0 saturated heterocycles. The highest BCUT2D eigenvalue weighted by molar-refractivity contribution is 9.10. The van der Waals surface area contributed by atoms with Crippen molar-refractivity contribution in [2.24, 2.45) is 0 Å². The molecule has 1 rings (SSSR count). The SMILES string of the molecule is CN(C)CCCNC(=S)Nc1ccc(Br)cc1F. The van der Waals surface area contributed by atoms with Crippen molar-refractivity contribution in [2.45, 2.75) is 6.42 Å². The largest absolute Gasteiger partial charge is 0.362 e. The number of halogens is 2. The quantitative estimate of drug-likeness (QED) is 0.640. The lowest BCUT2D eigenvalue weighted by Crippen LogP contribution is -2.31. The molecule has 0 fully saturated rings. The normalized spacial score (nSPS) is 10.5. The lowest BCUT2D eigenvalue weighted by molar-refractivity contribution is 0.400. The van der Waals surface area contributed by atoms with Crippen LogP contribution in [-0.2, 0) is 0 Å². The average Bonchev–Trinajstić information content (AvgIpc) is 2.28. The molecule has 0 bridgehead atoms. The summed E-state index contributed by atoms with van der Waals surface area (Å²) in [6.07, 6.45) is 0.984. The number of nitrogens with one attached hydrogen (secondary N) is 2. The van der Waals surface area contributed by atoms with Gasteiger partial charge in [-0.05, 0) is 57.5 Å². The zero-order valence-corrected chi connectivity index (χ0v) is 12.9. The zero-order chi connectivity index (χ0) is 13.5. The Kier molecular flexibility index (Phi) is 6.52. The van der Waals surface area contributed by atoms with Crippen molar-refractivity contribution in [3.63, 3.8) is 0 Å². The van der Waals surface area contributed by atoms with Crippen LogP contribution in [-0.4, -0.2) is 37.2 Å². The van der Waals surface area contributed by atoms with Gasteiger partial charge >= 0.3 is 0 Å². The number of hydrogen-bond acceptors (Lipinski definition) is 2. The van der Waals surface area contributed by atoms with E-state index in [9.17, 15) is 4.39 Å². The molecule has 100 valence electrons. The Morgan fingerprint density at radius 1 is 1.44 bits per heavy atom. The van der Waals surface area contributed by atoms with E-state index >= 15 is 0 Å². The molecule has 0 atom stereocenters. The van der Waals surface area contributed by atoms with Crippen LogP contribution in [0.2, 0.25) is 0 Å². The Bertz CT molecular complexity index is 412. The molecular weight excluding hydrogens is 317 g/mol. The van der Waals surface area contributed by atoms with E-state index < -0.39 is 0 Å². The van der Waals surface area contributed by atoms with Crippen molar-refractivity contribution >= 4 is 38.9 Å². The molecule has 0 saturated carbocycles. The Labute approximate surface area is 121 Å². The second kappa shape index (κ2) is 7.66. The van der Waals surface area contributed by atoms with E-state index in [0.717, 1.165) is 19.5 Å². The van der Waals surface area contributed by atoms with E-state index in [1.54, 1.807) is 12.1 Å². The molecule has 0 aliphatic carbocycles. The lowest BCUT2D eigenvalue weighted by Gasteiger charge is -2.13. The molecule has 0 amide bonds. The van der Waals surface area contributed by atoms with E-state index in [0.29, 0.717) is 15.3 Å². The summed E-state index contributed by atoms with van der Waals surface area (Å²) in [6.45, 7) is 1.75. The predicted octanol–water partition coefficient (Wildman–Crippen LogP) is 2.83. The first-order valence-electron chi connectivity index (χ1n) is 5.63. The van der Waals surface area contributed by atoms with Gasteiger partial charge in [0.25, 0.3) is 0 Å². The monoisotopic (exact) mass is 333 g/mol. The average molecular weight is 334 g/mol. The minimum atomic E-state index is -0.332. The van der Waals surface area contributed by atoms with E-state index in [1.807, 2.05) is 14.1 Å². The molecule has 0 aliphatic rings. The van der Waals surface area contributed by atoms with Crippen LogP contribution in [0.4, 0.5) is 10.1 Å². The summed E-state index contributed by atoms with van der Waals surface area (Å²) < 4.78 is 14.2. The number of hydrogen-bond donors (Lipinski definition) is 2. The molecule has 3 nitrogen and oxygen atoms in total. The van der Waals surface area contributed by atoms with E-state index in [4.69, 9.17) is 12.2 Å². The molecule has 6 heteroatoms. The number of rotatable bonds is 5. The van der Waals surface area contributed by atoms with Gasteiger partial charge < -0.3 is 15.5 Å². The summed E-state index contributed by atoms with van der Waals surface area (Å²) in [5, 5.41) is 6.32. The fraction of sp³-hybridized carbons (Fsp3) is 0.417. The maximum absolute atomic E-state index is 13.5. The maximum Gasteiger partial charge on any atom is 0.170 e. The maximum atomic E-state index is 13.5. The summed E-state index contributed by atoms with van der Waals surface area (Å²) in [4.78, 5) is 2.10. The first-order valence-corrected chi connectivity index (χ1v) is 6.84. The van der Waals surface area contributed by atoms with Crippen molar-refractivity contribution in [3.05, 3.63) is 28.5 Å². The van der Waals surface area contributed by atoms with Gasteiger partial charge in [0.2, 0.25) is 0 Å². The molecule has 18 heavy (non-hydrogen) atoms. The Morgan fingerprint density at radius 2 is 2.17 bits per heavy atom. The highest BCUT2D eigenvalue weighted by Gasteiger charge is 2.04. The van der Waals surface area contributed by atoms with Crippen LogP contribution < -0.4 is 10.6 Å². The molecule has 0 radical (unpaired) electrons. The fourth-order valence-electron chi connectivity index (χ4n) is 1.35. The van der Waals surface area contributed by atoms with Gasteiger partial charge in [-0.3, -0.25) is 0 Å². The standard InChI is InChI=1S/C12H17BrFN3S/c1-17(2)7-3-6-15-12(18)16-11-5-4-9(13)8-10(11)14/h4-5,8H,3,6-7H2,1-2H3,(H2,15,16,18). The zero-order valence-electron chi connectivity index (χ0n) is 10.5.